The van der Waals surface area contributed by atoms with Gasteiger partial charge in [0.1, 0.15) is 5.84 Å². The molecule has 4 N–H and O–H groups in total. The molecule has 6 heteroatoms. The summed E-state index contributed by atoms with van der Waals surface area (Å²) in [6, 6.07) is 5.98. The zero-order valence-electron chi connectivity index (χ0n) is 15.4. The van der Waals surface area contributed by atoms with E-state index in [1.807, 2.05) is 0 Å². The third-order valence-corrected chi connectivity index (χ3v) is 5.54. The number of nitrogens with two attached hydrogens (primary N) is 2. The molecule has 0 aliphatic rings. The van der Waals surface area contributed by atoms with Crippen LogP contribution in [0, 0.1) is 0 Å². The number of hydrogen-bond acceptors (Lipinski definition) is 3. The lowest BCUT2D eigenvalue weighted by atomic mass is 10.1. The Kier molecular flexibility index (Phi) is 10.2. The van der Waals surface area contributed by atoms with Crippen LogP contribution in [0.25, 0.3) is 0 Å². The Labute approximate surface area is 153 Å². The van der Waals surface area contributed by atoms with E-state index in [1.165, 1.54) is 63.5 Å². The van der Waals surface area contributed by atoms with E-state index in [2.05, 4.69) is 11.3 Å². The summed E-state index contributed by atoms with van der Waals surface area (Å²) in [5.74, 6) is 0.177. The minimum atomic E-state index is -3.73. The molecule has 25 heavy (non-hydrogen) atoms. The van der Waals surface area contributed by atoms with E-state index in [0.29, 0.717) is 12.1 Å². The molecule has 0 bridgehead atoms. The summed E-state index contributed by atoms with van der Waals surface area (Å²) in [5, 5.41) is 0. The molecule has 1 rings (SSSR count). The van der Waals surface area contributed by atoms with Gasteiger partial charge in [0.05, 0.1) is 4.90 Å². The summed E-state index contributed by atoms with van der Waals surface area (Å²) in [5.41, 5.74) is 11.9. The molecule has 0 amide bonds. The van der Waals surface area contributed by atoms with Crippen molar-refractivity contribution in [2.75, 3.05) is 5.73 Å². The van der Waals surface area contributed by atoms with E-state index in [9.17, 15) is 8.42 Å². The standard InChI is InChI=1S/C19H33N3O2S/c1-2-3-4-5-6-7-8-9-10-11-12-19(21)22-25(23,24)18-15-13-17(20)14-16-18/h13-16H,2-12,20H2,1H3,(H2,21,22). The van der Waals surface area contributed by atoms with Crippen molar-refractivity contribution < 1.29 is 8.42 Å². The molecule has 0 saturated heterocycles. The number of unbranched alkanes of at least 4 members (excludes halogenated alkanes) is 9. The normalized spacial score (nSPS) is 12.4. The van der Waals surface area contributed by atoms with E-state index in [4.69, 9.17) is 11.5 Å². The van der Waals surface area contributed by atoms with Crippen molar-refractivity contribution >= 4 is 21.5 Å². The molecule has 142 valence electrons. The quantitative estimate of drug-likeness (QED) is 0.230. The number of nitrogens with zero attached hydrogens (tertiary/aromatic N) is 1. The summed E-state index contributed by atoms with van der Waals surface area (Å²) in [6.07, 6.45) is 12.8. The van der Waals surface area contributed by atoms with Crippen molar-refractivity contribution in [1.29, 1.82) is 0 Å². The molecule has 5 nitrogen and oxygen atoms in total. The number of nitrogen functional groups attached to an aromatic ring is 1. The van der Waals surface area contributed by atoms with Crippen LogP contribution in [0.1, 0.15) is 77.6 Å². The maximum Gasteiger partial charge on any atom is 0.283 e. The lowest BCUT2D eigenvalue weighted by molar-refractivity contribution is 0.559. The molecule has 1 aromatic rings. The van der Waals surface area contributed by atoms with Crippen molar-refractivity contribution in [3.05, 3.63) is 24.3 Å². The minimum absolute atomic E-state index is 0.118. The van der Waals surface area contributed by atoms with Gasteiger partial charge in [0, 0.05) is 12.1 Å². The van der Waals surface area contributed by atoms with E-state index in [-0.39, 0.29) is 10.7 Å². The minimum Gasteiger partial charge on any atom is -0.399 e. The zero-order valence-corrected chi connectivity index (χ0v) is 16.2. The molecule has 0 aromatic heterocycles. The van der Waals surface area contributed by atoms with E-state index in [1.54, 1.807) is 12.1 Å². The summed E-state index contributed by atoms with van der Waals surface area (Å²) >= 11 is 0. The second-order valence-corrected chi connectivity index (χ2v) is 8.16. The predicted octanol–water partition coefficient (Wildman–Crippen LogP) is 4.63. The Hall–Kier alpha value is -1.56. The predicted molar refractivity (Wildman–Crippen MR) is 106 cm³/mol. The first-order valence-electron chi connectivity index (χ1n) is 9.40. The maximum absolute atomic E-state index is 12.1. The second kappa shape index (κ2) is 11.9. The van der Waals surface area contributed by atoms with Crippen LogP contribution in [0.15, 0.2) is 33.6 Å². The van der Waals surface area contributed by atoms with Gasteiger partial charge in [-0.1, -0.05) is 64.7 Å². The fraction of sp³-hybridized carbons (Fsp3) is 0.632. The van der Waals surface area contributed by atoms with Crippen LogP contribution in [0.3, 0.4) is 0 Å². The molecule has 0 aliphatic carbocycles. The van der Waals surface area contributed by atoms with Gasteiger partial charge in [0.25, 0.3) is 10.0 Å². The highest BCUT2D eigenvalue weighted by Crippen LogP contribution is 2.15. The van der Waals surface area contributed by atoms with Crippen molar-refractivity contribution in [2.24, 2.45) is 10.1 Å². The molecular formula is C19H33N3O2S. The van der Waals surface area contributed by atoms with Gasteiger partial charge in [-0.15, -0.1) is 4.40 Å². The smallest absolute Gasteiger partial charge is 0.283 e. The molecule has 0 radical (unpaired) electrons. The van der Waals surface area contributed by atoms with Gasteiger partial charge in [-0.2, -0.15) is 8.42 Å². The summed E-state index contributed by atoms with van der Waals surface area (Å²) in [6.45, 7) is 2.23. The number of hydrogen-bond donors (Lipinski definition) is 2. The number of sulfonamides is 1. The highest BCUT2D eigenvalue weighted by Gasteiger charge is 2.12. The van der Waals surface area contributed by atoms with Crippen LogP contribution in [0.5, 0.6) is 0 Å². The average Bonchev–Trinajstić information content (AvgIpc) is 2.56. The molecule has 0 aliphatic heterocycles. The fourth-order valence-corrected chi connectivity index (χ4v) is 3.67. The van der Waals surface area contributed by atoms with Gasteiger partial charge >= 0.3 is 0 Å². The molecule has 0 spiro atoms. The highest BCUT2D eigenvalue weighted by atomic mass is 32.2. The number of anilines is 1. The molecule has 0 heterocycles. The monoisotopic (exact) mass is 367 g/mol. The van der Waals surface area contributed by atoms with E-state index in [0.717, 1.165) is 12.8 Å². The Morgan fingerprint density at radius 1 is 0.880 bits per heavy atom. The van der Waals surface area contributed by atoms with Gasteiger partial charge in [-0.25, -0.2) is 0 Å². The number of benzene rings is 1. The lowest BCUT2D eigenvalue weighted by Gasteiger charge is -2.04. The van der Waals surface area contributed by atoms with Gasteiger partial charge < -0.3 is 11.5 Å². The van der Waals surface area contributed by atoms with Gasteiger partial charge in [0.2, 0.25) is 0 Å². The van der Waals surface area contributed by atoms with E-state index < -0.39 is 10.0 Å². The SMILES string of the molecule is CCCCCCCCCCCC/C(N)=N\S(=O)(=O)c1ccc(N)cc1. The third-order valence-electron chi connectivity index (χ3n) is 4.20. The van der Waals surface area contributed by atoms with Crippen molar-refractivity contribution in [3.63, 3.8) is 0 Å². The van der Waals surface area contributed by atoms with Crippen LogP contribution < -0.4 is 11.5 Å². The topological polar surface area (TPSA) is 98.5 Å². The van der Waals surface area contributed by atoms with Crippen LogP contribution in [0.2, 0.25) is 0 Å². The molecule has 0 saturated carbocycles. The Morgan fingerprint density at radius 2 is 1.36 bits per heavy atom. The molecule has 0 fully saturated rings. The first-order valence-corrected chi connectivity index (χ1v) is 10.8. The second-order valence-electron chi connectivity index (χ2n) is 6.56. The Morgan fingerprint density at radius 3 is 1.88 bits per heavy atom. The van der Waals surface area contributed by atoms with Crippen LogP contribution in [0.4, 0.5) is 5.69 Å². The number of rotatable bonds is 13. The van der Waals surface area contributed by atoms with Crippen molar-refractivity contribution in [2.45, 2.75) is 82.4 Å². The Bertz CT molecular complexity index is 610. The van der Waals surface area contributed by atoms with Crippen LogP contribution >= 0.6 is 0 Å². The van der Waals surface area contributed by atoms with Gasteiger partial charge in [0.15, 0.2) is 0 Å². The third kappa shape index (κ3) is 9.48. The molecule has 0 atom stereocenters. The average molecular weight is 368 g/mol. The first-order chi connectivity index (χ1) is 12.0. The molecular weight excluding hydrogens is 334 g/mol. The Balaban J connectivity index is 2.22. The fourth-order valence-electron chi connectivity index (χ4n) is 2.69. The summed E-state index contributed by atoms with van der Waals surface area (Å²) in [7, 11) is -3.73. The summed E-state index contributed by atoms with van der Waals surface area (Å²) in [4.78, 5) is 0.118. The van der Waals surface area contributed by atoms with Crippen molar-refractivity contribution in [1.82, 2.24) is 0 Å². The molecule has 1 aromatic carbocycles. The van der Waals surface area contributed by atoms with Gasteiger partial charge in [-0.3, -0.25) is 0 Å². The first kappa shape index (κ1) is 21.5. The van der Waals surface area contributed by atoms with Crippen molar-refractivity contribution in [3.8, 4) is 0 Å². The van der Waals surface area contributed by atoms with Crippen LogP contribution in [-0.4, -0.2) is 14.3 Å². The number of amidine groups is 1. The summed E-state index contributed by atoms with van der Waals surface area (Å²) < 4.78 is 28.0. The molecule has 0 unspecified atom stereocenters. The zero-order chi connectivity index (χ0) is 18.5. The van der Waals surface area contributed by atoms with E-state index >= 15 is 0 Å². The van der Waals surface area contributed by atoms with Crippen LogP contribution in [-0.2, 0) is 10.0 Å². The maximum atomic E-state index is 12.1. The largest absolute Gasteiger partial charge is 0.399 e. The van der Waals surface area contributed by atoms with Gasteiger partial charge in [-0.05, 0) is 30.7 Å². The lowest BCUT2D eigenvalue weighted by Crippen LogP contribution is -2.14. The highest BCUT2D eigenvalue weighted by molar-refractivity contribution is 7.90.